The molecule has 0 aliphatic heterocycles. The van der Waals surface area contributed by atoms with Gasteiger partial charge in [-0.2, -0.15) is 0 Å². The molecule has 4 nitrogen and oxygen atoms in total. The molecule has 1 heterocycles. The van der Waals surface area contributed by atoms with Crippen LogP contribution in [0, 0.1) is 0 Å². The van der Waals surface area contributed by atoms with Crippen molar-refractivity contribution in [3.8, 4) is 5.75 Å². The van der Waals surface area contributed by atoms with Crippen molar-refractivity contribution in [3.63, 3.8) is 0 Å². The van der Waals surface area contributed by atoms with Gasteiger partial charge in [-0.15, -0.1) is 6.58 Å². The van der Waals surface area contributed by atoms with Gasteiger partial charge in [0.1, 0.15) is 5.75 Å². The number of nitrogens with zero attached hydrogens (tertiary/aromatic N) is 1. The predicted octanol–water partition coefficient (Wildman–Crippen LogP) is 5.62. The van der Waals surface area contributed by atoms with Crippen LogP contribution in [-0.2, 0) is 4.79 Å². The number of aromatic nitrogens is 1. The summed E-state index contributed by atoms with van der Waals surface area (Å²) in [6.07, 6.45) is 7.52. The van der Waals surface area contributed by atoms with Gasteiger partial charge in [0.05, 0.1) is 18.3 Å². The summed E-state index contributed by atoms with van der Waals surface area (Å²) in [5.41, 5.74) is 3.79. The molecule has 0 aliphatic rings. The van der Waals surface area contributed by atoms with Gasteiger partial charge in [0.25, 0.3) is 0 Å². The van der Waals surface area contributed by atoms with E-state index < -0.39 is 0 Å². The first-order valence-electron chi connectivity index (χ1n) is 9.27. The second-order valence-corrected chi connectivity index (χ2v) is 6.50. The molecular formula is C24H24N2O2. The van der Waals surface area contributed by atoms with Crippen LogP contribution in [0.25, 0.3) is 17.0 Å². The van der Waals surface area contributed by atoms with Gasteiger partial charge in [-0.1, -0.05) is 48.1 Å². The molecule has 0 saturated heterocycles. The highest BCUT2D eigenvalue weighted by Crippen LogP contribution is 2.22. The van der Waals surface area contributed by atoms with Crippen LogP contribution in [0.1, 0.15) is 24.8 Å². The fourth-order valence-electron chi connectivity index (χ4n) is 3.05. The van der Waals surface area contributed by atoms with E-state index in [2.05, 4.69) is 23.0 Å². The minimum absolute atomic E-state index is 0.0251. The molecule has 2 aromatic carbocycles. The number of methoxy groups -OCH3 is 1. The van der Waals surface area contributed by atoms with Crippen LogP contribution in [0.5, 0.6) is 5.75 Å². The Labute approximate surface area is 165 Å². The Kier molecular flexibility index (Phi) is 6.58. The standard InChI is InChI=1S/C24H24N2O2/c1-3-6-18(17-19-10-13-21(28-2)14-11-19)12-15-23(27)26-22-9-4-7-20-8-5-16-25-24(20)22/h3-5,7-11,13-14,16-17H,1,6,12,15H2,2H3,(H,26,27)/b18-17-. The molecule has 1 aromatic heterocycles. The first-order valence-corrected chi connectivity index (χ1v) is 9.27. The summed E-state index contributed by atoms with van der Waals surface area (Å²) in [5, 5.41) is 4.00. The number of benzene rings is 2. The average Bonchev–Trinajstić information content (AvgIpc) is 2.73. The number of allylic oxidation sites excluding steroid dienone is 2. The Bertz CT molecular complexity index is 986. The molecular weight excluding hydrogens is 348 g/mol. The molecule has 0 aliphatic carbocycles. The number of hydrogen-bond donors (Lipinski definition) is 1. The zero-order chi connectivity index (χ0) is 19.8. The summed E-state index contributed by atoms with van der Waals surface area (Å²) in [5.74, 6) is 0.799. The molecule has 3 aromatic rings. The van der Waals surface area contributed by atoms with Crippen molar-refractivity contribution in [3.05, 3.63) is 84.6 Å². The van der Waals surface area contributed by atoms with Gasteiger partial charge in [-0.25, -0.2) is 0 Å². The van der Waals surface area contributed by atoms with E-state index in [0.717, 1.165) is 39.9 Å². The zero-order valence-corrected chi connectivity index (χ0v) is 16.0. The molecule has 0 bridgehead atoms. The van der Waals surface area contributed by atoms with Crippen LogP contribution in [0.2, 0.25) is 0 Å². The number of rotatable bonds is 8. The molecule has 0 saturated carbocycles. The Morgan fingerprint density at radius 1 is 1.11 bits per heavy atom. The molecule has 0 fully saturated rings. The third-order valence-electron chi connectivity index (χ3n) is 4.47. The summed E-state index contributed by atoms with van der Waals surface area (Å²) in [6.45, 7) is 3.83. The largest absolute Gasteiger partial charge is 0.497 e. The van der Waals surface area contributed by atoms with Gasteiger partial charge in [-0.3, -0.25) is 9.78 Å². The van der Waals surface area contributed by atoms with E-state index in [1.807, 2.05) is 60.7 Å². The maximum absolute atomic E-state index is 12.5. The normalized spacial score (nSPS) is 11.2. The van der Waals surface area contributed by atoms with Crippen LogP contribution in [0.15, 0.2) is 79.0 Å². The van der Waals surface area contributed by atoms with E-state index in [4.69, 9.17) is 4.74 Å². The Morgan fingerprint density at radius 3 is 2.64 bits per heavy atom. The number of anilines is 1. The van der Waals surface area contributed by atoms with E-state index in [0.29, 0.717) is 12.8 Å². The van der Waals surface area contributed by atoms with Gasteiger partial charge in [-0.05, 0) is 42.7 Å². The molecule has 142 valence electrons. The topological polar surface area (TPSA) is 51.2 Å². The highest BCUT2D eigenvalue weighted by atomic mass is 16.5. The van der Waals surface area contributed by atoms with Crippen molar-refractivity contribution in [1.82, 2.24) is 4.98 Å². The van der Waals surface area contributed by atoms with Crippen molar-refractivity contribution < 1.29 is 9.53 Å². The number of pyridine rings is 1. The number of ether oxygens (including phenoxy) is 1. The van der Waals surface area contributed by atoms with Crippen LogP contribution in [0.4, 0.5) is 5.69 Å². The first kappa shape index (κ1) is 19.4. The molecule has 0 unspecified atom stereocenters. The molecule has 0 radical (unpaired) electrons. The van der Waals surface area contributed by atoms with Gasteiger partial charge < -0.3 is 10.1 Å². The highest BCUT2D eigenvalue weighted by Gasteiger charge is 2.08. The highest BCUT2D eigenvalue weighted by molar-refractivity contribution is 6.00. The summed E-state index contributed by atoms with van der Waals surface area (Å²) in [6, 6.07) is 17.5. The van der Waals surface area contributed by atoms with Crippen LogP contribution >= 0.6 is 0 Å². The van der Waals surface area contributed by atoms with Gasteiger partial charge >= 0.3 is 0 Å². The quantitative estimate of drug-likeness (QED) is 0.522. The lowest BCUT2D eigenvalue weighted by atomic mass is 10.0. The second kappa shape index (κ2) is 9.51. The van der Waals surface area contributed by atoms with Crippen molar-refractivity contribution in [2.24, 2.45) is 0 Å². The van der Waals surface area contributed by atoms with E-state index in [9.17, 15) is 4.79 Å². The van der Waals surface area contributed by atoms with E-state index in [1.54, 1.807) is 13.3 Å². The Balaban J connectivity index is 1.66. The number of amides is 1. The summed E-state index contributed by atoms with van der Waals surface area (Å²) < 4.78 is 5.19. The summed E-state index contributed by atoms with van der Waals surface area (Å²) in [7, 11) is 1.65. The maximum Gasteiger partial charge on any atom is 0.224 e. The number of fused-ring (bicyclic) bond motifs is 1. The fraction of sp³-hybridized carbons (Fsp3) is 0.167. The van der Waals surface area contributed by atoms with Gasteiger partial charge in [0.15, 0.2) is 0 Å². The Hall–Kier alpha value is -3.40. The minimum Gasteiger partial charge on any atom is -0.497 e. The smallest absolute Gasteiger partial charge is 0.224 e. The number of para-hydroxylation sites is 1. The second-order valence-electron chi connectivity index (χ2n) is 6.50. The molecule has 4 heteroatoms. The van der Waals surface area contributed by atoms with Crippen LogP contribution in [0.3, 0.4) is 0 Å². The first-order chi connectivity index (χ1) is 13.7. The third kappa shape index (κ3) is 5.07. The summed E-state index contributed by atoms with van der Waals surface area (Å²) in [4.78, 5) is 16.9. The van der Waals surface area contributed by atoms with Crippen LogP contribution in [-0.4, -0.2) is 18.0 Å². The van der Waals surface area contributed by atoms with Gasteiger partial charge in [0, 0.05) is 18.0 Å². The predicted molar refractivity (Wildman–Crippen MR) is 115 cm³/mol. The van der Waals surface area contributed by atoms with Crippen LogP contribution < -0.4 is 10.1 Å². The number of nitrogens with one attached hydrogen (secondary N) is 1. The molecule has 1 amide bonds. The van der Waals surface area contributed by atoms with Crippen molar-refractivity contribution in [2.75, 3.05) is 12.4 Å². The van der Waals surface area contributed by atoms with Gasteiger partial charge in [0.2, 0.25) is 5.91 Å². The number of carbonyl (C=O) groups excluding carboxylic acids is 1. The summed E-state index contributed by atoms with van der Waals surface area (Å²) >= 11 is 0. The molecule has 3 rings (SSSR count). The minimum atomic E-state index is -0.0251. The van der Waals surface area contributed by atoms with Crippen molar-refractivity contribution in [2.45, 2.75) is 19.3 Å². The van der Waals surface area contributed by atoms with E-state index in [-0.39, 0.29) is 5.91 Å². The maximum atomic E-state index is 12.5. The number of carbonyl (C=O) groups is 1. The van der Waals surface area contributed by atoms with Crippen molar-refractivity contribution >= 4 is 28.6 Å². The molecule has 0 spiro atoms. The lowest BCUT2D eigenvalue weighted by Crippen LogP contribution is -2.12. The third-order valence-corrected chi connectivity index (χ3v) is 4.47. The lowest BCUT2D eigenvalue weighted by Gasteiger charge is -2.09. The lowest BCUT2D eigenvalue weighted by molar-refractivity contribution is -0.116. The van der Waals surface area contributed by atoms with E-state index in [1.165, 1.54) is 0 Å². The number of hydrogen-bond acceptors (Lipinski definition) is 3. The Morgan fingerprint density at radius 2 is 1.89 bits per heavy atom. The average molecular weight is 372 g/mol. The SMILES string of the molecule is C=CC/C(=C/c1ccc(OC)cc1)CCC(=O)Nc1cccc2cccnc12. The van der Waals surface area contributed by atoms with Crippen molar-refractivity contribution in [1.29, 1.82) is 0 Å². The van der Waals surface area contributed by atoms with E-state index >= 15 is 0 Å². The molecule has 28 heavy (non-hydrogen) atoms. The zero-order valence-electron chi connectivity index (χ0n) is 16.0. The monoisotopic (exact) mass is 372 g/mol. The molecule has 1 N–H and O–H groups in total. The molecule has 0 atom stereocenters. The fourth-order valence-corrected chi connectivity index (χ4v) is 3.05.